The smallest absolute Gasteiger partial charge is 0.211 e. The van der Waals surface area contributed by atoms with Crippen LogP contribution in [-0.2, 0) is 10.3 Å². The molecule has 4 heteroatoms. The summed E-state index contributed by atoms with van der Waals surface area (Å²) in [5, 5.41) is 8.62. The molecule has 1 aromatic heterocycles. The lowest BCUT2D eigenvalue weighted by atomic mass is 10.2. The zero-order valence-electron chi connectivity index (χ0n) is 6.78. The molecule has 0 saturated heterocycles. The molecule has 1 aliphatic carbocycles. The molecule has 1 fully saturated rings. The number of hydrogen-bond donors (Lipinski definition) is 0. The molecule has 0 radical (unpaired) electrons. The second kappa shape index (κ2) is 2.81. The highest BCUT2D eigenvalue weighted by molar-refractivity contribution is 7.12. The highest BCUT2D eigenvalue weighted by Gasteiger charge is 2.46. The minimum Gasteiger partial charge on any atom is -0.211 e. The van der Waals surface area contributed by atoms with Gasteiger partial charge in [-0.25, -0.2) is 4.79 Å². The molecule has 1 aromatic rings. The molecule has 1 aliphatic rings. The molecule has 0 bridgehead atoms. The van der Waals surface area contributed by atoms with E-state index in [0.717, 1.165) is 17.7 Å². The summed E-state index contributed by atoms with van der Waals surface area (Å²) in [5.41, 5.74) is -0.318. The molecule has 2 rings (SSSR count). The van der Waals surface area contributed by atoms with Gasteiger partial charge < -0.3 is 0 Å². The molecule has 0 atom stereocenters. The van der Waals surface area contributed by atoms with E-state index in [2.05, 4.69) is 11.1 Å². The average molecular weight is 190 g/mol. The van der Waals surface area contributed by atoms with Gasteiger partial charge in [-0.15, -0.1) is 11.3 Å². The Balaban J connectivity index is 2.36. The fraction of sp³-hybridized carbons (Fsp3) is 0.333. The van der Waals surface area contributed by atoms with E-state index in [1.54, 1.807) is 12.1 Å². The highest BCUT2D eigenvalue weighted by atomic mass is 32.1. The third-order valence-electron chi connectivity index (χ3n) is 2.16. The normalized spacial score (nSPS) is 17.2. The summed E-state index contributed by atoms with van der Waals surface area (Å²) >= 11 is 1.41. The van der Waals surface area contributed by atoms with E-state index in [1.807, 2.05) is 6.07 Å². The van der Waals surface area contributed by atoms with Gasteiger partial charge in [-0.05, 0) is 25.0 Å². The number of isocyanates is 1. The topological polar surface area (TPSA) is 53.2 Å². The first-order valence-corrected chi connectivity index (χ1v) is 4.72. The first-order chi connectivity index (χ1) is 6.30. The minimum absolute atomic E-state index is 0.318. The number of nitriles is 1. The lowest BCUT2D eigenvalue weighted by Gasteiger charge is -2.01. The maximum absolute atomic E-state index is 10.2. The van der Waals surface area contributed by atoms with Gasteiger partial charge in [0.25, 0.3) is 0 Å². The van der Waals surface area contributed by atoms with Crippen LogP contribution in [0.4, 0.5) is 0 Å². The SMILES string of the molecule is N#Cc1ccc(C2(N=C=O)CC2)s1. The lowest BCUT2D eigenvalue weighted by molar-refractivity contribution is 0.557. The standard InChI is InChI=1S/C9H6N2OS/c10-5-7-1-2-8(13-7)9(3-4-9)11-6-12/h1-2H,3-4H2. The Bertz CT molecular complexity index is 419. The van der Waals surface area contributed by atoms with Crippen LogP contribution in [0.15, 0.2) is 17.1 Å². The summed E-state index contributed by atoms with van der Waals surface area (Å²) in [6, 6.07) is 5.70. The van der Waals surface area contributed by atoms with Gasteiger partial charge in [-0.1, -0.05) is 0 Å². The van der Waals surface area contributed by atoms with Gasteiger partial charge in [0.05, 0.1) is 0 Å². The lowest BCUT2D eigenvalue weighted by Crippen LogP contribution is -1.97. The Hall–Kier alpha value is -1.43. The molecular formula is C9H6N2OS. The van der Waals surface area contributed by atoms with Gasteiger partial charge in [0, 0.05) is 4.88 Å². The van der Waals surface area contributed by atoms with Gasteiger partial charge in [-0.3, -0.25) is 0 Å². The second-order valence-electron chi connectivity index (χ2n) is 3.01. The summed E-state index contributed by atoms with van der Waals surface area (Å²) in [5.74, 6) is 0. The summed E-state index contributed by atoms with van der Waals surface area (Å²) in [7, 11) is 0. The van der Waals surface area contributed by atoms with E-state index in [9.17, 15) is 4.79 Å². The van der Waals surface area contributed by atoms with Gasteiger partial charge in [0.1, 0.15) is 16.5 Å². The number of nitrogens with zero attached hydrogens (tertiary/aromatic N) is 2. The molecule has 3 nitrogen and oxygen atoms in total. The van der Waals surface area contributed by atoms with Crippen molar-refractivity contribution in [1.82, 2.24) is 0 Å². The third-order valence-corrected chi connectivity index (χ3v) is 3.34. The van der Waals surface area contributed by atoms with Crippen LogP contribution in [0.1, 0.15) is 22.6 Å². The number of aliphatic imine (C=N–C) groups is 1. The predicted octanol–water partition coefficient (Wildman–Crippen LogP) is 1.94. The van der Waals surface area contributed by atoms with Crippen molar-refractivity contribution < 1.29 is 4.79 Å². The predicted molar refractivity (Wildman–Crippen MR) is 48.1 cm³/mol. The van der Waals surface area contributed by atoms with Crippen molar-refractivity contribution in [1.29, 1.82) is 5.26 Å². The Kier molecular flexibility index (Phi) is 1.77. The van der Waals surface area contributed by atoms with Crippen LogP contribution < -0.4 is 0 Å². The van der Waals surface area contributed by atoms with Crippen molar-refractivity contribution in [2.45, 2.75) is 18.4 Å². The van der Waals surface area contributed by atoms with Crippen molar-refractivity contribution in [3.8, 4) is 6.07 Å². The molecule has 0 spiro atoms. The number of hydrogen-bond acceptors (Lipinski definition) is 4. The molecule has 13 heavy (non-hydrogen) atoms. The van der Waals surface area contributed by atoms with Crippen LogP contribution in [0, 0.1) is 11.3 Å². The summed E-state index contributed by atoms with van der Waals surface area (Å²) in [4.78, 5) is 15.6. The highest BCUT2D eigenvalue weighted by Crippen LogP contribution is 2.51. The van der Waals surface area contributed by atoms with Gasteiger partial charge in [0.15, 0.2) is 0 Å². The van der Waals surface area contributed by atoms with Crippen molar-refractivity contribution in [3.05, 3.63) is 21.9 Å². The monoisotopic (exact) mass is 190 g/mol. The minimum atomic E-state index is -0.318. The van der Waals surface area contributed by atoms with Crippen molar-refractivity contribution in [2.75, 3.05) is 0 Å². The molecule has 0 amide bonds. The Morgan fingerprint density at radius 3 is 2.77 bits per heavy atom. The van der Waals surface area contributed by atoms with Crippen LogP contribution in [0.5, 0.6) is 0 Å². The van der Waals surface area contributed by atoms with Crippen molar-refractivity contribution >= 4 is 17.4 Å². The summed E-state index contributed by atoms with van der Waals surface area (Å²) in [6.07, 6.45) is 3.39. The second-order valence-corrected chi connectivity index (χ2v) is 4.09. The number of rotatable bonds is 2. The van der Waals surface area contributed by atoms with E-state index in [-0.39, 0.29) is 5.54 Å². The molecular weight excluding hydrogens is 184 g/mol. The molecule has 64 valence electrons. The van der Waals surface area contributed by atoms with Gasteiger partial charge in [0.2, 0.25) is 6.08 Å². The van der Waals surface area contributed by atoms with E-state index in [0.29, 0.717) is 4.88 Å². The maximum atomic E-state index is 10.2. The number of carbonyl (C=O) groups excluding carboxylic acids is 1. The first kappa shape index (κ1) is 8.18. The van der Waals surface area contributed by atoms with Crippen LogP contribution >= 0.6 is 11.3 Å². The number of thiophene rings is 1. The summed E-state index contributed by atoms with van der Waals surface area (Å²) in [6.45, 7) is 0. The van der Waals surface area contributed by atoms with Gasteiger partial charge >= 0.3 is 0 Å². The van der Waals surface area contributed by atoms with Crippen molar-refractivity contribution in [2.24, 2.45) is 4.99 Å². The maximum Gasteiger partial charge on any atom is 0.235 e. The van der Waals surface area contributed by atoms with Crippen molar-refractivity contribution in [3.63, 3.8) is 0 Å². The zero-order chi connectivity index (χ0) is 9.31. The quantitative estimate of drug-likeness (QED) is 0.528. The van der Waals surface area contributed by atoms with E-state index in [1.165, 1.54) is 11.3 Å². The van der Waals surface area contributed by atoms with Crippen LogP contribution in [-0.4, -0.2) is 6.08 Å². The fourth-order valence-electron chi connectivity index (χ4n) is 1.27. The van der Waals surface area contributed by atoms with Crippen LogP contribution in [0.2, 0.25) is 0 Å². The van der Waals surface area contributed by atoms with E-state index < -0.39 is 0 Å². The molecule has 1 heterocycles. The van der Waals surface area contributed by atoms with E-state index >= 15 is 0 Å². The molecule has 0 aromatic carbocycles. The third kappa shape index (κ3) is 1.29. The molecule has 0 unspecified atom stereocenters. The first-order valence-electron chi connectivity index (χ1n) is 3.90. The van der Waals surface area contributed by atoms with E-state index in [4.69, 9.17) is 5.26 Å². The Morgan fingerprint density at radius 1 is 1.54 bits per heavy atom. The zero-order valence-corrected chi connectivity index (χ0v) is 7.60. The molecule has 1 saturated carbocycles. The Morgan fingerprint density at radius 2 is 2.31 bits per heavy atom. The summed E-state index contributed by atoms with van der Waals surface area (Å²) < 4.78 is 0. The van der Waals surface area contributed by atoms with Gasteiger partial charge in [-0.2, -0.15) is 10.3 Å². The molecule has 0 N–H and O–H groups in total. The largest absolute Gasteiger partial charge is 0.235 e. The Labute approximate surface area is 79.3 Å². The molecule has 0 aliphatic heterocycles. The fourth-order valence-corrected chi connectivity index (χ4v) is 2.26. The van der Waals surface area contributed by atoms with Crippen LogP contribution in [0.3, 0.4) is 0 Å². The van der Waals surface area contributed by atoms with Crippen LogP contribution in [0.25, 0.3) is 0 Å². The average Bonchev–Trinajstić information content (AvgIpc) is 2.78.